The first kappa shape index (κ1) is 20.7. The number of aryl methyl sites for hydroxylation is 2. The van der Waals surface area contributed by atoms with Gasteiger partial charge in [0.15, 0.2) is 0 Å². The van der Waals surface area contributed by atoms with Crippen LogP contribution in [0.1, 0.15) is 45.1 Å². The van der Waals surface area contributed by atoms with Crippen molar-refractivity contribution in [3.8, 4) is 5.75 Å². The standard InChI is InChI=1S/C26H27N3O2/c1-4-31-25-11-5-20(6-12-25)15-27-28-26(30)21-7-9-24(10-8-21)29-16-22-13-18(2)19(3)14-23(22)17-29/h5-15H,4,16-17H2,1-3H3,(H,28,30)/b27-15-. The van der Waals surface area contributed by atoms with Gasteiger partial charge in [0.05, 0.1) is 12.8 Å². The number of hydrazone groups is 1. The summed E-state index contributed by atoms with van der Waals surface area (Å²) in [5.74, 6) is 0.583. The number of hydrogen-bond donors (Lipinski definition) is 1. The largest absolute Gasteiger partial charge is 0.494 e. The van der Waals surface area contributed by atoms with Crippen molar-refractivity contribution >= 4 is 17.8 Å². The zero-order chi connectivity index (χ0) is 21.8. The Bertz CT molecular complexity index is 1070. The lowest BCUT2D eigenvalue weighted by Crippen LogP contribution is -2.18. The van der Waals surface area contributed by atoms with Crippen molar-refractivity contribution in [3.05, 3.63) is 94.0 Å². The minimum Gasteiger partial charge on any atom is -0.494 e. The Balaban J connectivity index is 1.35. The minimum atomic E-state index is -0.232. The maximum Gasteiger partial charge on any atom is 0.271 e. The second kappa shape index (κ2) is 9.04. The highest BCUT2D eigenvalue weighted by Crippen LogP contribution is 2.30. The molecular formula is C26H27N3O2. The molecule has 0 radical (unpaired) electrons. The van der Waals surface area contributed by atoms with Crippen molar-refractivity contribution in [2.75, 3.05) is 11.5 Å². The van der Waals surface area contributed by atoms with E-state index in [2.05, 4.69) is 41.4 Å². The van der Waals surface area contributed by atoms with Gasteiger partial charge in [-0.05, 0) is 97.1 Å². The molecule has 158 valence electrons. The van der Waals surface area contributed by atoms with Gasteiger partial charge >= 0.3 is 0 Å². The summed E-state index contributed by atoms with van der Waals surface area (Å²) in [5.41, 5.74) is 10.6. The number of nitrogens with one attached hydrogen (secondary N) is 1. The fraction of sp³-hybridized carbons (Fsp3) is 0.231. The Hall–Kier alpha value is -3.60. The average Bonchev–Trinajstić information content (AvgIpc) is 3.18. The molecular weight excluding hydrogens is 386 g/mol. The topological polar surface area (TPSA) is 53.9 Å². The number of nitrogens with zero attached hydrogens (tertiary/aromatic N) is 2. The van der Waals surface area contributed by atoms with Crippen LogP contribution in [0.4, 0.5) is 5.69 Å². The molecule has 1 amide bonds. The van der Waals surface area contributed by atoms with Crippen LogP contribution >= 0.6 is 0 Å². The first-order chi connectivity index (χ1) is 15.0. The Morgan fingerprint density at radius 2 is 1.61 bits per heavy atom. The number of anilines is 1. The van der Waals surface area contributed by atoms with Crippen LogP contribution in [0.15, 0.2) is 65.8 Å². The molecule has 5 nitrogen and oxygen atoms in total. The van der Waals surface area contributed by atoms with Crippen LogP contribution in [-0.4, -0.2) is 18.7 Å². The molecule has 0 aromatic heterocycles. The van der Waals surface area contributed by atoms with Gasteiger partial charge in [-0.15, -0.1) is 0 Å². The fourth-order valence-corrected chi connectivity index (χ4v) is 3.75. The third-order valence-electron chi connectivity index (χ3n) is 5.60. The van der Waals surface area contributed by atoms with Crippen molar-refractivity contribution < 1.29 is 9.53 Å². The highest BCUT2D eigenvalue weighted by atomic mass is 16.5. The Kier molecular flexibility index (Phi) is 6.03. The number of carbonyl (C=O) groups excluding carboxylic acids is 1. The van der Waals surface area contributed by atoms with Crippen LogP contribution in [0.3, 0.4) is 0 Å². The van der Waals surface area contributed by atoms with E-state index < -0.39 is 0 Å². The van der Waals surface area contributed by atoms with Gasteiger partial charge in [0, 0.05) is 24.3 Å². The van der Waals surface area contributed by atoms with Crippen molar-refractivity contribution in [1.29, 1.82) is 0 Å². The summed E-state index contributed by atoms with van der Waals surface area (Å²) >= 11 is 0. The summed E-state index contributed by atoms with van der Waals surface area (Å²) in [6.07, 6.45) is 1.62. The molecule has 0 aliphatic carbocycles. The number of benzene rings is 3. The van der Waals surface area contributed by atoms with Gasteiger partial charge in [0.1, 0.15) is 5.75 Å². The van der Waals surface area contributed by atoms with E-state index >= 15 is 0 Å². The molecule has 31 heavy (non-hydrogen) atoms. The van der Waals surface area contributed by atoms with Crippen LogP contribution in [0.25, 0.3) is 0 Å². The smallest absolute Gasteiger partial charge is 0.271 e. The fourth-order valence-electron chi connectivity index (χ4n) is 3.75. The Labute approximate surface area is 183 Å². The summed E-state index contributed by atoms with van der Waals surface area (Å²) in [7, 11) is 0. The van der Waals surface area contributed by atoms with Gasteiger partial charge in [-0.25, -0.2) is 5.43 Å². The molecule has 3 aromatic carbocycles. The summed E-state index contributed by atoms with van der Waals surface area (Å²) in [6.45, 7) is 8.69. The molecule has 0 saturated carbocycles. The lowest BCUT2D eigenvalue weighted by molar-refractivity contribution is 0.0955. The second-order valence-electron chi connectivity index (χ2n) is 7.81. The van der Waals surface area contributed by atoms with Gasteiger partial charge in [-0.2, -0.15) is 5.10 Å². The van der Waals surface area contributed by atoms with Gasteiger partial charge in [0.2, 0.25) is 0 Å². The maximum absolute atomic E-state index is 12.4. The van der Waals surface area contributed by atoms with Gasteiger partial charge < -0.3 is 9.64 Å². The average molecular weight is 414 g/mol. The summed E-state index contributed by atoms with van der Waals surface area (Å²) in [6, 6.07) is 19.8. The summed E-state index contributed by atoms with van der Waals surface area (Å²) < 4.78 is 5.42. The first-order valence-corrected chi connectivity index (χ1v) is 10.5. The molecule has 0 fully saturated rings. The molecule has 1 aliphatic heterocycles. The van der Waals surface area contributed by atoms with E-state index in [1.807, 2.05) is 55.5 Å². The van der Waals surface area contributed by atoms with E-state index in [0.29, 0.717) is 12.2 Å². The van der Waals surface area contributed by atoms with Crippen molar-refractivity contribution in [3.63, 3.8) is 0 Å². The molecule has 1 aliphatic rings. The highest BCUT2D eigenvalue weighted by molar-refractivity contribution is 5.95. The number of rotatable bonds is 6. The number of fused-ring (bicyclic) bond motifs is 1. The molecule has 0 unspecified atom stereocenters. The van der Waals surface area contributed by atoms with Crippen LogP contribution in [-0.2, 0) is 13.1 Å². The predicted molar refractivity (Wildman–Crippen MR) is 125 cm³/mol. The van der Waals surface area contributed by atoms with Crippen LogP contribution in [0.5, 0.6) is 5.75 Å². The maximum atomic E-state index is 12.4. The van der Waals surface area contributed by atoms with Gasteiger partial charge in [-0.1, -0.05) is 12.1 Å². The molecule has 0 bridgehead atoms. The zero-order valence-corrected chi connectivity index (χ0v) is 18.2. The minimum absolute atomic E-state index is 0.232. The predicted octanol–water partition coefficient (Wildman–Crippen LogP) is 4.99. The van der Waals surface area contributed by atoms with E-state index in [-0.39, 0.29) is 5.91 Å². The third-order valence-corrected chi connectivity index (χ3v) is 5.60. The van der Waals surface area contributed by atoms with Crippen molar-refractivity contribution in [2.45, 2.75) is 33.9 Å². The van der Waals surface area contributed by atoms with Gasteiger partial charge in [-0.3, -0.25) is 4.79 Å². The molecule has 3 aromatic rings. The number of amides is 1. The van der Waals surface area contributed by atoms with E-state index in [9.17, 15) is 4.79 Å². The first-order valence-electron chi connectivity index (χ1n) is 10.5. The van der Waals surface area contributed by atoms with Crippen molar-refractivity contribution in [1.82, 2.24) is 5.43 Å². The Morgan fingerprint density at radius 1 is 1.00 bits per heavy atom. The highest BCUT2D eigenvalue weighted by Gasteiger charge is 2.20. The number of hydrogen-bond acceptors (Lipinski definition) is 4. The molecule has 5 heteroatoms. The molecule has 1 N–H and O–H groups in total. The summed E-state index contributed by atoms with van der Waals surface area (Å²) in [4.78, 5) is 14.7. The SMILES string of the molecule is CCOc1ccc(/C=N\NC(=O)c2ccc(N3Cc4cc(C)c(C)cc4C3)cc2)cc1. The number of ether oxygens (including phenoxy) is 1. The van der Waals surface area contributed by atoms with Crippen LogP contribution < -0.4 is 15.1 Å². The van der Waals surface area contributed by atoms with Crippen LogP contribution in [0, 0.1) is 13.8 Å². The molecule has 4 rings (SSSR count). The zero-order valence-electron chi connectivity index (χ0n) is 18.2. The normalized spacial score (nSPS) is 12.8. The Morgan fingerprint density at radius 3 is 2.19 bits per heavy atom. The third kappa shape index (κ3) is 4.77. The second-order valence-corrected chi connectivity index (χ2v) is 7.81. The van der Waals surface area contributed by atoms with E-state index in [1.54, 1.807) is 6.21 Å². The number of carbonyl (C=O) groups is 1. The monoisotopic (exact) mass is 413 g/mol. The molecule has 0 atom stereocenters. The summed E-state index contributed by atoms with van der Waals surface area (Å²) in [5, 5.41) is 4.06. The van der Waals surface area contributed by atoms with Gasteiger partial charge in [0.25, 0.3) is 5.91 Å². The quantitative estimate of drug-likeness (QED) is 0.458. The lowest BCUT2D eigenvalue weighted by Gasteiger charge is -2.17. The van der Waals surface area contributed by atoms with Crippen LogP contribution in [0.2, 0.25) is 0 Å². The molecule has 1 heterocycles. The lowest BCUT2D eigenvalue weighted by atomic mass is 10.0. The van der Waals surface area contributed by atoms with E-state index in [0.717, 1.165) is 30.1 Å². The van der Waals surface area contributed by atoms with Crippen molar-refractivity contribution in [2.24, 2.45) is 5.10 Å². The van der Waals surface area contributed by atoms with E-state index in [4.69, 9.17) is 4.74 Å². The molecule has 0 saturated heterocycles. The van der Waals surface area contributed by atoms with E-state index in [1.165, 1.54) is 22.3 Å². The molecule has 0 spiro atoms.